The Hall–Kier alpha value is -2.02. The Labute approximate surface area is 95.1 Å². The number of rotatable bonds is 2. The molecule has 6 nitrogen and oxygen atoms in total. The Bertz CT molecular complexity index is 512. The van der Waals surface area contributed by atoms with Crippen molar-refractivity contribution in [2.24, 2.45) is 0 Å². The molecule has 2 aromatic rings. The molecular formula is C9H8N4O2S. The summed E-state index contributed by atoms with van der Waals surface area (Å²) >= 11 is 1.00. The van der Waals surface area contributed by atoms with Crippen LogP contribution in [-0.4, -0.2) is 25.8 Å². The maximum atomic E-state index is 11.8. The molecule has 0 fully saturated rings. The van der Waals surface area contributed by atoms with Gasteiger partial charge in [0.1, 0.15) is 5.75 Å². The van der Waals surface area contributed by atoms with Crippen LogP contribution in [0.15, 0.2) is 18.2 Å². The number of amides is 1. The fourth-order valence-corrected chi connectivity index (χ4v) is 1.61. The van der Waals surface area contributed by atoms with Crippen molar-refractivity contribution in [1.29, 1.82) is 0 Å². The molecule has 0 unspecified atom stereocenters. The predicted octanol–water partition coefficient (Wildman–Crippen LogP) is 1.20. The normalized spacial score (nSPS) is 10.1. The van der Waals surface area contributed by atoms with Crippen molar-refractivity contribution < 1.29 is 9.90 Å². The van der Waals surface area contributed by atoms with E-state index in [0.29, 0.717) is 16.3 Å². The second-order valence-corrected chi connectivity index (χ2v) is 3.85. The zero-order valence-electron chi connectivity index (χ0n) is 8.34. The van der Waals surface area contributed by atoms with Crippen LogP contribution in [0.4, 0.5) is 5.13 Å². The van der Waals surface area contributed by atoms with E-state index in [0.717, 1.165) is 11.5 Å². The summed E-state index contributed by atoms with van der Waals surface area (Å²) in [5.74, 6) is -0.164. The molecule has 0 bridgehead atoms. The summed E-state index contributed by atoms with van der Waals surface area (Å²) in [7, 11) is 0. The Morgan fingerprint density at radius 1 is 1.50 bits per heavy atom. The molecule has 2 rings (SSSR count). The van der Waals surface area contributed by atoms with Crippen LogP contribution in [0.3, 0.4) is 0 Å². The molecule has 0 aliphatic carbocycles. The molecule has 0 atom stereocenters. The smallest absolute Gasteiger partial charge is 0.257 e. The van der Waals surface area contributed by atoms with Crippen molar-refractivity contribution in [3.63, 3.8) is 0 Å². The number of hydrogen-bond acceptors (Lipinski definition) is 6. The average molecular weight is 236 g/mol. The number of carbonyl (C=O) groups excluding carboxylic acids is 1. The Morgan fingerprint density at radius 3 is 2.94 bits per heavy atom. The molecule has 0 aliphatic rings. The summed E-state index contributed by atoms with van der Waals surface area (Å²) in [5, 5.41) is 19.1. The number of nitrogens with zero attached hydrogens (tertiary/aromatic N) is 3. The van der Waals surface area contributed by atoms with Crippen LogP contribution in [-0.2, 0) is 0 Å². The number of hydrogen-bond donors (Lipinski definition) is 2. The van der Waals surface area contributed by atoms with E-state index in [4.69, 9.17) is 0 Å². The van der Waals surface area contributed by atoms with Crippen LogP contribution in [0, 0.1) is 6.92 Å². The van der Waals surface area contributed by atoms with Gasteiger partial charge in [0.25, 0.3) is 5.91 Å². The topological polar surface area (TPSA) is 88.0 Å². The molecule has 0 saturated heterocycles. The number of phenolic OH excluding ortho intramolecular Hbond substituents is 1. The molecule has 1 amide bonds. The van der Waals surface area contributed by atoms with Gasteiger partial charge >= 0.3 is 0 Å². The summed E-state index contributed by atoms with van der Waals surface area (Å²) in [4.78, 5) is 11.8. The van der Waals surface area contributed by atoms with Crippen molar-refractivity contribution >= 4 is 22.6 Å². The van der Waals surface area contributed by atoms with Crippen molar-refractivity contribution in [3.05, 3.63) is 29.3 Å². The second kappa shape index (κ2) is 4.23. The third-order valence-corrected chi connectivity index (χ3v) is 2.49. The SMILES string of the molecule is Cc1cc(O)ccc1C(=O)Nc1nnns1. The molecule has 1 aromatic heterocycles. The molecule has 1 heterocycles. The summed E-state index contributed by atoms with van der Waals surface area (Å²) in [6.07, 6.45) is 0. The molecule has 1 aromatic carbocycles. The Kier molecular flexibility index (Phi) is 2.78. The summed E-state index contributed by atoms with van der Waals surface area (Å²) < 4.78 is 3.53. The number of aromatic hydroxyl groups is 1. The first-order chi connectivity index (χ1) is 7.66. The van der Waals surface area contributed by atoms with Crippen molar-refractivity contribution in [2.75, 3.05) is 5.32 Å². The summed E-state index contributed by atoms with van der Waals surface area (Å²) in [6, 6.07) is 4.53. The minimum absolute atomic E-state index is 0.131. The fraction of sp³-hybridized carbons (Fsp3) is 0.111. The van der Waals surface area contributed by atoms with E-state index < -0.39 is 0 Å². The quantitative estimate of drug-likeness (QED) is 0.818. The lowest BCUT2D eigenvalue weighted by Gasteiger charge is -2.04. The van der Waals surface area contributed by atoms with Gasteiger partial charge in [0, 0.05) is 17.1 Å². The van der Waals surface area contributed by atoms with E-state index in [1.807, 2.05) is 0 Å². The lowest BCUT2D eigenvalue weighted by Crippen LogP contribution is -2.13. The highest BCUT2D eigenvalue weighted by Gasteiger charge is 2.11. The molecule has 2 N–H and O–H groups in total. The highest BCUT2D eigenvalue weighted by atomic mass is 32.1. The van der Waals surface area contributed by atoms with E-state index >= 15 is 0 Å². The van der Waals surface area contributed by atoms with Gasteiger partial charge < -0.3 is 5.11 Å². The van der Waals surface area contributed by atoms with E-state index in [2.05, 4.69) is 20.1 Å². The van der Waals surface area contributed by atoms with Crippen LogP contribution >= 0.6 is 11.5 Å². The molecule has 82 valence electrons. The fourth-order valence-electron chi connectivity index (χ4n) is 1.25. The zero-order chi connectivity index (χ0) is 11.5. The van der Waals surface area contributed by atoms with Crippen molar-refractivity contribution in [1.82, 2.24) is 14.8 Å². The van der Waals surface area contributed by atoms with Crippen LogP contribution in [0.5, 0.6) is 5.75 Å². The zero-order valence-corrected chi connectivity index (χ0v) is 9.15. The van der Waals surface area contributed by atoms with Crippen LogP contribution < -0.4 is 5.32 Å². The average Bonchev–Trinajstić information content (AvgIpc) is 2.70. The third-order valence-electron chi connectivity index (χ3n) is 1.97. The molecule has 16 heavy (non-hydrogen) atoms. The van der Waals surface area contributed by atoms with Crippen molar-refractivity contribution in [2.45, 2.75) is 6.92 Å². The lowest BCUT2D eigenvalue weighted by atomic mass is 10.1. The minimum atomic E-state index is -0.295. The van der Waals surface area contributed by atoms with Crippen molar-refractivity contribution in [3.8, 4) is 5.75 Å². The second-order valence-electron chi connectivity index (χ2n) is 3.12. The highest BCUT2D eigenvalue weighted by Crippen LogP contribution is 2.17. The Balaban J connectivity index is 2.21. The molecule has 0 radical (unpaired) electrons. The van der Waals surface area contributed by atoms with Crippen LogP contribution in [0.1, 0.15) is 15.9 Å². The predicted molar refractivity (Wildman–Crippen MR) is 58.5 cm³/mol. The maximum absolute atomic E-state index is 11.8. The standard InChI is InChI=1S/C9H8N4O2S/c1-5-4-6(14)2-3-7(5)8(15)10-9-11-12-13-16-9/h2-4,14H,1H3,(H,10,11,13,15). The third kappa shape index (κ3) is 2.14. The first-order valence-electron chi connectivity index (χ1n) is 4.43. The molecule has 0 spiro atoms. The largest absolute Gasteiger partial charge is 0.508 e. The maximum Gasteiger partial charge on any atom is 0.257 e. The molecule has 0 aliphatic heterocycles. The molecular weight excluding hydrogens is 228 g/mol. The van der Waals surface area contributed by atoms with E-state index in [-0.39, 0.29) is 11.7 Å². The summed E-state index contributed by atoms with van der Waals surface area (Å²) in [5.41, 5.74) is 1.17. The van der Waals surface area contributed by atoms with Gasteiger partial charge in [0.15, 0.2) is 0 Å². The number of carbonyl (C=O) groups is 1. The van der Waals surface area contributed by atoms with E-state index in [9.17, 15) is 9.90 Å². The number of aromatic nitrogens is 3. The number of phenols is 1. The van der Waals surface area contributed by atoms with Gasteiger partial charge in [-0.3, -0.25) is 10.1 Å². The monoisotopic (exact) mass is 236 g/mol. The first kappa shape index (κ1) is 10.5. The number of nitrogens with one attached hydrogen (secondary N) is 1. The van der Waals surface area contributed by atoms with Crippen LogP contribution in [0.25, 0.3) is 0 Å². The van der Waals surface area contributed by atoms with Gasteiger partial charge in [-0.05, 0) is 35.9 Å². The van der Waals surface area contributed by atoms with Gasteiger partial charge in [0.05, 0.1) is 0 Å². The highest BCUT2D eigenvalue weighted by molar-refractivity contribution is 7.09. The van der Waals surface area contributed by atoms with Gasteiger partial charge in [0.2, 0.25) is 5.13 Å². The van der Waals surface area contributed by atoms with Crippen LogP contribution in [0.2, 0.25) is 0 Å². The number of benzene rings is 1. The molecule has 7 heteroatoms. The van der Waals surface area contributed by atoms with Gasteiger partial charge in [-0.15, -0.1) is 0 Å². The van der Waals surface area contributed by atoms with E-state index in [1.54, 1.807) is 13.0 Å². The summed E-state index contributed by atoms with van der Waals surface area (Å²) in [6.45, 7) is 1.74. The number of aryl methyl sites for hydroxylation is 1. The number of anilines is 1. The van der Waals surface area contributed by atoms with E-state index in [1.165, 1.54) is 12.1 Å². The first-order valence-corrected chi connectivity index (χ1v) is 5.20. The van der Waals surface area contributed by atoms with Gasteiger partial charge in [-0.25, -0.2) is 0 Å². The Morgan fingerprint density at radius 2 is 2.31 bits per heavy atom. The van der Waals surface area contributed by atoms with Gasteiger partial charge in [-0.1, -0.05) is 9.59 Å². The minimum Gasteiger partial charge on any atom is -0.508 e. The lowest BCUT2D eigenvalue weighted by molar-refractivity contribution is 0.102. The van der Waals surface area contributed by atoms with Gasteiger partial charge in [-0.2, -0.15) is 0 Å². The molecule has 0 saturated carbocycles.